The van der Waals surface area contributed by atoms with Gasteiger partial charge in [-0.05, 0) is 37.8 Å². The van der Waals surface area contributed by atoms with E-state index in [0.29, 0.717) is 19.0 Å². The average molecular weight is 308 g/mol. The summed E-state index contributed by atoms with van der Waals surface area (Å²) >= 11 is 5.95. The fraction of sp³-hybridized carbons (Fsp3) is 0.588. The first kappa shape index (κ1) is 14.9. The molecule has 0 saturated carbocycles. The maximum absolute atomic E-state index is 12.8. The van der Waals surface area contributed by atoms with E-state index in [1.54, 1.807) is 0 Å². The van der Waals surface area contributed by atoms with E-state index >= 15 is 0 Å². The van der Waals surface area contributed by atoms with E-state index in [-0.39, 0.29) is 23.5 Å². The summed E-state index contributed by atoms with van der Waals surface area (Å²) < 4.78 is 5.90. The molecule has 1 saturated heterocycles. The predicted octanol–water partition coefficient (Wildman–Crippen LogP) is 2.65. The molecule has 21 heavy (non-hydrogen) atoms. The predicted molar refractivity (Wildman–Crippen MR) is 83.6 cm³/mol. The molecule has 3 rings (SSSR count). The van der Waals surface area contributed by atoms with Crippen LogP contribution in [-0.4, -0.2) is 41.5 Å². The Hall–Kier alpha value is -1.06. The van der Waals surface area contributed by atoms with Crippen molar-refractivity contribution in [3.05, 3.63) is 35.4 Å². The number of morpholine rings is 1. The zero-order chi connectivity index (χ0) is 15.0. The number of ether oxygens (including phenoxy) is 1. The summed E-state index contributed by atoms with van der Waals surface area (Å²) in [6.45, 7) is 5.30. The molecule has 3 nitrogen and oxygen atoms in total. The summed E-state index contributed by atoms with van der Waals surface area (Å²) in [5.41, 5.74) is 2.31. The first-order valence-electron chi connectivity index (χ1n) is 7.58. The Balaban J connectivity index is 1.71. The van der Waals surface area contributed by atoms with Crippen LogP contribution in [0.2, 0.25) is 0 Å². The fourth-order valence-corrected chi connectivity index (χ4v) is 3.70. The minimum absolute atomic E-state index is 0.0665. The van der Waals surface area contributed by atoms with Gasteiger partial charge in [0.2, 0.25) is 5.91 Å². The highest BCUT2D eigenvalue weighted by molar-refractivity contribution is 6.18. The van der Waals surface area contributed by atoms with Crippen molar-refractivity contribution in [3.63, 3.8) is 0 Å². The van der Waals surface area contributed by atoms with Crippen LogP contribution < -0.4 is 0 Å². The highest BCUT2D eigenvalue weighted by Crippen LogP contribution is 2.30. The molecule has 0 N–H and O–H groups in total. The Morgan fingerprint density at radius 2 is 1.95 bits per heavy atom. The number of hydrogen-bond acceptors (Lipinski definition) is 2. The quantitative estimate of drug-likeness (QED) is 0.786. The molecule has 1 fully saturated rings. The summed E-state index contributed by atoms with van der Waals surface area (Å²) in [5, 5.41) is 0. The zero-order valence-electron chi connectivity index (χ0n) is 12.6. The SMILES string of the molecule is CC1(C)CN(C(=O)C2Cc3ccccc3C2)CC(CCl)O1. The van der Waals surface area contributed by atoms with E-state index < -0.39 is 0 Å². The van der Waals surface area contributed by atoms with Crippen LogP contribution in [0.5, 0.6) is 0 Å². The molecule has 1 unspecified atom stereocenters. The van der Waals surface area contributed by atoms with E-state index in [9.17, 15) is 4.79 Å². The summed E-state index contributed by atoms with van der Waals surface area (Å²) in [5.74, 6) is 0.753. The van der Waals surface area contributed by atoms with Gasteiger partial charge in [-0.3, -0.25) is 4.79 Å². The van der Waals surface area contributed by atoms with Crippen LogP contribution in [-0.2, 0) is 22.4 Å². The average Bonchev–Trinajstić information content (AvgIpc) is 2.88. The van der Waals surface area contributed by atoms with Crippen LogP contribution in [0.4, 0.5) is 0 Å². The third kappa shape index (κ3) is 3.09. The first-order valence-corrected chi connectivity index (χ1v) is 8.11. The summed E-state index contributed by atoms with van der Waals surface area (Å²) in [6, 6.07) is 8.36. The van der Waals surface area contributed by atoms with Crippen molar-refractivity contribution in [1.82, 2.24) is 4.90 Å². The van der Waals surface area contributed by atoms with E-state index in [1.807, 2.05) is 30.9 Å². The molecular weight excluding hydrogens is 286 g/mol. The number of rotatable bonds is 2. The molecule has 1 aliphatic heterocycles. The lowest BCUT2D eigenvalue weighted by molar-refractivity contribution is -0.160. The minimum Gasteiger partial charge on any atom is -0.367 e. The number of fused-ring (bicyclic) bond motifs is 1. The summed E-state index contributed by atoms with van der Waals surface area (Å²) in [6.07, 6.45) is 1.65. The lowest BCUT2D eigenvalue weighted by Gasteiger charge is -2.43. The van der Waals surface area contributed by atoms with Gasteiger partial charge in [0, 0.05) is 19.0 Å². The highest BCUT2D eigenvalue weighted by Gasteiger charge is 2.38. The normalized spacial score (nSPS) is 24.9. The second kappa shape index (κ2) is 5.62. The monoisotopic (exact) mass is 307 g/mol. The van der Waals surface area contributed by atoms with E-state index in [2.05, 4.69) is 12.1 Å². The van der Waals surface area contributed by atoms with Crippen molar-refractivity contribution in [1.29, 1.82) is 0 Å². The Bertz CT molecular complexity index is 518. The van der Waals surface area contributed by atoms with Gasteiger partial charge in [-0.15, -0.1) is 11.6 Å². The Labute approximate surface area is 131 Å². The second-order valence-corrected chi connectivity index (χ2v) is 7.06. The highest BCUT2D eigenvalue weighted by atomic mass is 35.5. The van der Waals surface area contributed by atoms with Crippen molar-refractivity contribution < 1.29 is 9.53 Å². The summed E-state index contributed by atoms with van der Waals surface area (Å²) in [4.78, 5) is 14.8. The first-order chi connectivity index (χ1) is 9.98. The van der Waals surface area contributed by atoms with Gasteiger partial charge in [0.05, 0.1) is 17.6 Å². The van der Waals surface area contributed by atoms with Crippen LogP contribution in [0, 0.1) is 5.92 Å². The molecule has 1 aliphatic carbocycles. The number of alkyl halides is 1. The Morgan fingerprint density at radius 1 is 1.33 bits per heavy atom. The molecule has 0 aromatic heterocycles. The molecule has 1 aromatic carbocycles. The molecule has 1 aromatic rings. The Morgan fingerprint density at radius 3 is 2.52 bits per heavy atom. The number of amides is 1. The molecule has 1 amide bonds. The van der Waals surface area contributed by atoms with E-state index in [0.717, 1.165) is 12.8 Å². The van der Waals surface area contributed by atoms with Gasteiger partial charge < -0.3 is 9.64 Å². The number of hydrogen-bond donors (Lipinski definition) is 0. The lowest BCUT2D eigenvalue weighted by Crippen LogP contribution is -2.56. The van der Waals surface area contributed by atoms with Gasteiger partial charge in [-0.2, -0.15) is 0 Å². The molecule has 2 aliphatic rings. The number of benzene rings is 1. The molecule has 1 heterocycles. The topological polar surface area (TPSA) is 29.5 Å². The lowest BCUT2D eigenvalue weighted by atomic mass is 10.0. The number of carbonyl (C=O) groups excluding carboxylic acids is 1. The van der Waals surface area contributed by atoms with Crippen LogP contribution >= 0.6 is 11.6 Å². The van der Waals surface area contributed by atoms with Gasteiger partial charge in [-0.1, -0.05) is 24.3 Å². The molecular formula is C17H22ClNO2. The summed E-state index contributed by atoms with van der Waals surface area (Å²) in [7, 11) is 0. The minimum atomic E-state index is -0.321. The van der Waals surface area contributed by atoms with Crippen LogP contribution in [0.1, 0.15) is 25.0 Å². The molecule has 0 spiro atoms. The third-order valence-electron chi connectivity index (χ3n) is 4.37. The van der Waals surface area contributed by atoms with Gasteiger partial charge in [-0.25, -0.2) is 0 Å². The second-order valence-electron chi connectivity index (χ2n) is 6.75. The van der Waals surface area contributed by atoms with Crippen molar-refractivity contribution in [2.24, 2.45) is 5.92 Å². The Kier molecular flexibility index (Phi) is 3.98. The molecule has 0 bridgehead atoms. The van der Waals surface area contributed by atoms with Gasteiger partial charge in [0.15, 0.2) is 0 Å². The third-order valence-corrected chi connectivity index (χ3v) is 4.71. The van der Waals surface area contributed by atoms with Crippen LogP contribution in [0.15, 0.2) is 24.3 Å². The van der Waals surface area contributed by atoms with Crippen molar-refractivity contribution in [2.45, 2.75) is 38.4 Å². The fourth-order valence-electron chi connectivity index (χ4n) is 3.54. The van der Waals surface area contributed by atoms with Gasteiger partial charge >= 0.3 is 0 Å². The largest absolute Gasteiger partial charge is 0.367 e. The number of nitrogens with zero attached hydrogens (tertiary/aromatic N) is 1. The van der Waals surface area contributed by atoms with Gasteiger partial charge in [0.25, 0.3) is 0 Å². The molecule has 4 heteroatoms. The van der Waals surface area contributed by atoms with E-state index in [4.69, 9.17) is 16.3 Å². The zero-order valence-corrected chi connectivity index (χ0v) is 13.4. The van der Waals surface area contributed by atoms with Crippen molar-refractivity contribution in [2.75, 3.05) is 19.0 Å². The number of carbonyl (C=O) groups is 1. The van der Waals surface area contributed by atoms with Crippen LogP contribution in [0.3, 0.4) is 0 Å². The van der Waals surface area contributed by atoms with Crippen molar-refractivity contribution in [3.8, 4) is 0 Å². The van der Waals surface area contributed by atoms with E-state index in [1.165, 1.54) is 11.1 Å². The molecule has 114 valence electrons. The van der Waals surface area contributed by atoms with Crippen LogP contribution in [0.25, 0.3) is 0 Å². The standard InChI is InChI=1S/C17H22ClNO2/c1-17(2)11-19(10-15(9-18)21-17)16(20)14-7-12-5-3-4-6-13(12)8-14/h3-6,14-15H,7-11H2,1-2H3. The maximum Gasteiger partial charge on any atom is 0.226 e. The smallest absolute Gasteiger partial charge is 0.226 e. The van der Waals surface area contributed by atoms with Gasteiger partial charge in [0.1, 0.15) is 0 Å². The van der Waals surface area contributed by atoms with Crippen molar-refractivity contribution >= 4 is 17.5 Å². The number of halogens is 1. The molecule has 0 radical (unpaired) electrons. The maximum atomic E-state index is 12.8. The molecule has 1 atom stereocenters.